The zero-order valence-corrected chi connectivity index (χ0v) is 17.1. The van der Waals surface area contributed by atoms with Gasteiger partial charge < -0.3 is 9.52 Å². The van der Waals surface area contributed by atoms with Gasteiger partial charge in [-0.25, -0.2) is 4.98 Å². The van der Waals surface area contributed by atoms with Gasteiger partial charge in [-0.2, -0.15) is 0 Å². The molecular formula is C22H27N3O2S. The van der Waals surface area contributed by atoms with Gasteiger partial charge in [0, 0.05) is 55.5 Å². The molecule has 0 saturated carbocycles. The van der Waals surface area contributed by atoms with E-state index in [9.17, 15) is 5.11 Å². The first-order valence-electron chi connectivity index (χ1n) is 9.84. The van der Waals surface area contributed by atoms with Gasteiger partial charge in [0.2, 0.25) is 0 Å². The number of aliphatic hydroxyl groups is 1. The Kier molecular flexibility index (Phi) is 6.22. The predicted molar refractivity (Wildman–Crippen MR) is 112 cm³/mol. The Morgan fingerprint density at radius 2 is 2.00 bits per heavy atom. The van der Waals surface area contributed by atoms with Crippen molar-refractivity contribution in [2.24, 2.45) is 0 Å². The Labute approximate surface area is 170 Å². The molecule has 1 aliphatic rings. The third-order valence-electron chi connectivity index (χ3n) is 5.26. The van der Waals surface area contributed by atoms with Crippen LogP contribution in [0.2, 0.25) is 0 Å². The van der Waals surface area contributed by atoms with Gasteiger partial charge in [0.05, 0.1) is 6.54 Å². The molecule has 1 saturated heterocycles. The van der Waals surface area contributed by atoms with E-state index >= 15 is 0 Å². The fraction of sp³-hybridized carbons (Fsp3) is 0.409. The number of thiazole rings is 1. The highest BCUT2D eigenvalue weighted by Crippen LogP contribution is 2.27. The minimum Gasteiger partial charge on any atom is -0.465 e. The summed E-state index contributed by atoms with van der Waals surface area (Å²) in [6.07, 6.45) is 2.79. The van der Waals surface area contributed by atoms with Crippen molar-refractivity contribution in [3.8, 4) is 10.6 Å². The van der Waals surface area contributed by atoms with Crippen molar-refractivity contribution < 1.29 is 9.52 Å². The third kappa shape index (κ3) is 4.70. The molecule has 1 unspecified atom stereocenters. The fourth-order valence-corrected chi connectivity index (χ4v) is 4.78. The van der Waals surface area contributed by atoms with Crippen LogP contribution in [0.5, 0.6) is 0 Å². The lowest BCUT2D eigenvalue weighted by molar-refractivity contribution is 0.0458. The van der Waals surface area contributed by atoms with Gasteiger partial charge in [-0.1, -0.05) is 30.3 Å². The number of aliphatic hydroxyl groups excluding tert-OH is 1. The summed E-state index contributed by atoms with van der Waals surface area (Å²) in [5.74, 6) is 1.95. The predicted octanol–water partition coefficient (Wildman–Crippen LogP) is 3.78. The van der Waals surface area contributed by atoms with E-state index in [1.165, 1.54) is 10.4 Å². The maximum absolute atomic E-state index is 9.54. The fourth-order valence-electron chi connectivity index (χ4n) is 3.82. The SMILES string of the molecule is Cc1ccc(CN2CCN(Cc3cnc(-c4ccccc4)s3)CC2CCO)o1. The normalized spacial score (nSPS) is 18.6. The Hall–Kier alpha value is -1.99. The van der Waals surface area contributed by atoms with Crippen molar-refractivity contribution in [1.82, 2.24) is 14.8 Å². The first-order valence-corrected chi connectivity index (χ1v) is 10.7. The average molecular weight is 398 g/mol. The summed E-state index contributed by atoms with van der Waals surface area (Å²) in [6.45, 7) is 6.87. The minimum atomic E-state index is 0.213. The number of aryl methyl sites for hydroxylation is 1. The number of piperazine rings is 1. The van der Waals surface area contributed by atoms with E-state index in [2.05, 4.69) is 45.1 Å². The molecule has 3 aromatic rings. The van der Waals surface area contributed by atoms with Crippen LogP contribution in [-0.2, 0) is 13.1 Å². The molecule has 1 N–H and O–H groups in total. The summed E-state index contributed by atoms with van der Waals surface area (Å²) in [4.78, 5) is 10.8. The van der Waals surface area contributed by atoms with Crippen molar-refractivity contribution in [1.29, 1.82) is 0 Å². The molecule has 1 atom stereocenters. The van der Waals surface area contributed by atoms with E-state index in [0.717, 1.165) is 55.7 Å². The largest absolute Gasteiger partial charge is 0.465 e. The molecule has 5 nitrogen and oxygen atoms in total. The maximum atomic E-state index is 9.54. The maximum Gasteiger partial charge on any atom is 0.123 e. The van der Waals surface area contributed by atoms with Crippen LogP contribution < -0.4 is 0 Å². The Morgan fingerprint density at radius 3 is 2.75 bits per heavy atom. The van der Waals surface area contributed by atoms with Crippen LogP contribution in [0.25, 0.3) is 10.6 Å². The molecule has 0 aliphatic carbocycles. The summed E-state index contributed by atoms with van der Waals surface area (Å²) in [5, 5.41) is 10.6. The Morgan fingerprint density at radius 1 is 1.14 bits per heavy atom. The van der Waals surface area contributed by atoms with Crippen molar-refractivity contribution in [3.63, 3.8) is 0 Å². The van der Waals surface area contributed by atoms with Crippen LogP contribution in [0, 0.1) is 6.92 Å². The van der Waals surface area contributed by atoms with Gasteiger partial charge in [0.25, 0.3) is 0 Å². The molecule has 0 spiro atoms. The molecule has 0 radical (unpaired) electrons. The van der Waals surface area contributed by atoms with Crippen LogP contribution in [0.4, 0.5) is 0 Å². The molecule has 3 heterocycles. The van der Waals surface area contributed by atoms with E-state index in [1.807, 2.05) is 25.3 Å². The number of furan rings is 1. The second-order valence-corrected chi connectivity index (χ2v) is 8.50. The van der Waals surface area contributed by atoms with E-state index in [-0.39, 0.29) is 6.61 Å². The average Bonchev–Trinajstić information content (AvgIpc) is 3.34. The lowest BCUT2D eigenvalue weighted by atomic mass is 10.1. The summed E-state index contributed by atoms with van der Waals surface area (Å²) in [6, 6.07) is 14.8. The highest BCUT2D eigenvalue weighted by Gasteiger charge is 2.27. The second kappa shape index (κ2) is 9.01. The van der Waals surface area contributed by atoms with E-state index in [4.69, 9.17) is 4.42 Å². The first-order chi connectivity index (χ1) is 13.7. The number of hydrogen-bond acceptors (Lipinski definition) is 6. The van der Waals surface area contributed by atoms with E-state index < -0.39 is 0 Å². The standard InChI is InChI=1S/C22H27N3O2S/c1-17-7-8-20(27-17)15-25-11-10-24(14-19(25)9-12-26)16-21-13-23-22(28-21)18-5-3-2-4-6-18/h2-8,13,19,26H,9-12,14-16H2,1H3. The topological polar surface area (TPSA) is 52.7 Å². The van der Waals surface area contributed by atoms with Crippen molar-refractivity contribution in [3.05, 3.63) is 65.1 Å². The van der Waals surface area contributed by atoms with Crippen molar-refractivity contribution in [2.75, 3.05) is 26.2 Å². The van der Waals surface area contributed by atoms with Crippen LogP contribution in [0.1, 0.15) is 22.8 Å². The van der Waals surface area contributed by atoms with Crippen LogP contribution >= 0.6 is 11.3 Å². The molecule has 148 valence electrons. The molecule has 1 aliphatic heterocycles. The molecule has 6 heteroatoms. The minimum absolute atomic E-state index is 0.213. The number of nitrogens with zero attached hydrogens (tertiary/aromatic N) is 3. The van der Waals surface area contributed by atoms with Crippen LogP contribution in [0.3, 0.4) is 0 Å². The summed E-state index contributed by atoms with van der Waals surface area (Å²) >= 11 is 1.77. The zero-order chi connectivity index (χ0) is 19.3. The molecule has 0 bridgehead atoms. The lowest BCUT2D eigenvalue weighted by Crippen LogP contribution is -2.52. The third-order valence-corrected chi connectivity index (χ3v) is 6.29. The number of hydrogen-bond donors (Lipinski definition) is 1. The second-order valence-electron chi connectivity index (χ2n) is 7.38. The molecule has 1 aromatic carbocycles. The lowest BCUT2D eigenvalue weighted by Gasteiger charge is -2.40. The highest BCUT2D eigenvalue weighted by atomic mass is 32.1. The van der Waals surface area contributed by atoms with E-state index in [0.29, 0.717) is 6.04 Å². The summed E-state index contributed by atoms with van der Waals surface area (Å²) < 4.78 is 5.76. The van der Waals surface area contributed by atoms with Crippen LogP contribution in [0.15, 0.2) is 53.1 Å². The number of rotatable bonds is 7. The molecular weight excluding hydrogens is 370 g/mol. The molecule has 2 aromatic heterocycles. The summed E-state index contributed by atoms with van der Waals surface area (Å²) in [7, 11) is 0. The number of benzene rings is 1. The quantitative estimate of drug-likeness (QED) is 0.658. The Balaban J connectivity index is 1.38. The molecule has 28 heavy (non-hydrogen) atoms. The smallest absolute Gasteiger partial charge is 0.123 e. The molecule has 0 amide bonds. The highest BCUT2D eigenvalue weighted by molar-refractivity contribution is 7.15. The Bertz CT molecular complexity index is 877. The first kappa shape index (κ1) is 19.3. The molecule has 4 rings (SSSR count). The zero-order valence-electron chi connectivity index (χ0n) is 16.3. The number of aromatic nitrogens is 1. The van der Waals surface area contributed by atoms with Crippen molar-refractivity contribution >= 4 is 11.3 Å². The monoisotopic (exact) mass is 397 g/mol. The van der Waals surface area contributed by atoms with Crippen molar-refractivity contribution in [2.45, 2.75) is 32.5 Å². The van der Waals surface area contributed by atoms with Crippen LogP contribution in [-0.4, -0.2) is 52.2 Å². The van der Waals surface area contributed by atoms with Gasteiger partial charge in [-0.15, -0.1) is 11.3 Å². The van der Waals surface area contributed by atoms with E-state index in [1.54, 1.807) is 11.3 Å². The van der Waals surface area contributed by atoms with Gasteiger partial charge in [0.1, 0.15) is 16.5 Å². The molecule has 1 fully saturated rings. The van der Waals surface area contributed by atoms with Gasteiger partial charge in [0.15, 0.2) is 0 Å². The van der Waals surface area contributed by atoms with Gasteiger partial charge in [-0.05, 0) is 25.5 Å². The summed E-state index contributed by atoms with van der Waals surface area (Å²) in [5.41, 5.74) is 1.18. The van der Waals surface area contributed by atoms with Gasteiger partial charge >= 0.3 is 0 Å². The van der Waals surface area contributed by atoms with Gasteiger partial charge in [-0.3, -0.25) is 9.80 Å².